The highest BCUT2D eigenvalue weighted by Crippen LogP contribution is 2.15. The third-order valence-electron chi connectivity index (χ3n) is 7.60. The van der Waals surface area contributed by atoms with Gasteiger partial charge in [0.1, 0.15) is 36.4 Å². The van der Waals surface area contributed by atoms with Crippen molar-refractivity contribution in [2.24, 2.45) is 5.73 Å². The summed E-state index contributed by atoms with van der Waals surface area (Å²) in [5, 5.41) is 10.0. The summed E-state index contributed by atoms with van der Waals surface area (Å²) in [4.78, 5) is 91.9. The van der Waals surface area contributed by atoms with Gasteiger partial charge in [0.05, 0.1) is 25.2 Å². The quantitative estimate of drug-likeness (QED) is 0.103. The molecule has 55 heavy (non-hydrogen) atoms. The van der Waals surface area contributed by atoms with Crippen molar-refractivity contribution in [3.05, 3.63) is 71.8 Å². The van der Waals surface area contributed by atoms with Crippen LogP contribution in [0.2, 0.25) is 0 Å². The fourth-order valence-corrected chi connectivity index (χ4v) is 5.22. The van der Waals surface area contributed by atoms with Crippen LogP contribution in [0.4, 0.5) is 4.79 Å². The number of nitrogens with one attached hydrogen (secondary N) is 4. The minimum absolute atomic E-state index is 0.0284. The number of methoxy groups -OCH3 is 1. The lowest BCUT2D eigenvalue weighted by Gasteiger charge is -2.31. The number of esters is 2. The topological polar surface area (TPSA) is 231 Å². The van der Waals surface area contributed by atoms with Crippen molar-refractivity contribution in [1.29, 1.82) is 0 Å². The van der Waals surface area contributed by atoms with Gasteiger partial charge in [0.25, 0.3) is 0 Å². The number of carbonyl (C=O) groups is 7. The summed E-state index contributed by atoms with van der Waals surface area (Å²) >= 11 is 0. The number of benzene rings is 2. The Morgan fingerprint density at radius 3 is 1.75 bits per heavy atom. The minimum atomic E-state index is -1.62. The normalized spacial score (nSPS) is 14.1. The number of carbonyl (C=O) groups excluding carboxylic acids is 7. The van der Waals surface area contributed by atoms with E-state index in [-0.39, 0.29) is 25.9 Å². The molecule has 2 aromatic rings. The van der Waals surface area contributed by atoms with Crippen molar-refractivity contribution >= 4 is 41.7 Å². The standard InChI is InChI=1S/C39H55N5O11/c1-24(54-38(2,3)4)32(44-37(51)53-23-26-17-13-10-14-18-26)35(49)41-27(19-20-30(40)45)33(47)42-28(22-31(46)55-39(5,6)7)34(48)43-29(36(50)52-8)21-25-15-11-9-12-16-25/h9-18,24,27-29,32H,19-23H2,1-8H3,(H2,40,45)(H,41,49)(H,42,47)(H,43,48)(H,44,51)/t24-,27+,28+,29+,32+/m1/s1. The number of primary amides is 1. The van der Waals surface area contributed by atoms with Gasteiger partial charge in [0, 0.05) is 12.8 Å². The minimum Gasteiger partial charge on any atom is -0.467 e. The number of nitrogens with two attached hydrogens (primary N) is 1. The van der Waals surface area contributed by atoms with Crippen molar-refractivity contribution in [1.82, 2.24) is 21.3 Å². The second-order valence-electron chi connectivity index (χ2n) is 14.8. The number of amides is 5. The Balaban J connectivity index is 2.39. The maximum atomic E-state index is 13.9. The van der Waals surface area contributed by atoms with E-state index in [2.05, 4.69) is 21.3 Å². The van der Waals surface area contributed by atoms with Crippen molar-refractivity contribution in [2.75, 3.05) is 7.11 Å². The molecule has 16 nitrogen and oxygen atoms in total. The maximum Gasteiger partial charge on any atom is 0.408 e. The molecule has 6 N–H and O–H groups in total. The van der Waals surface area contributed by atoms with Gasteiger partial charge < -0.3 is 45.9 Å². The molecule has 5 amide bonds. The van der Waals surface area contributed by atoms with Gasteiger partial charge >= 0.3 is 18.0 Å². The van der Waals surface area contributed by atoms with E-state index in [0.29, 0.717) is 11.1 Å². The smallest absolute Gasteiger partial charge is 0.408 e. The SMILES string of the molecule is COC(=O)[C@H](Cc1ccccc1)NC(=O)[C@H](CC(=O)OC(C)(C)C)NC(=O)[C@H](CCC(N)=O)NC(=O)[C@@H](NC(=O)OCc1ccccc1)[C@@H](C)OC(C)(C)C. The third kappa shape index (κ3) is 17.9. The molecule has 302 valence electrons. The van der Waals surface area contributed by atoms with Gasteiger partial charge in [0.15, 0.2) is 0 Å². The summed E-state index contributed by atoms with van der Waals surface area (Å²) in [7, 11) is 1.15. The van der Waals surface area contributed by atoms with Crippen molar-refractivity contribution in [3.63, 3.8) is 0 Å². The monoisotopic (exact) mass is 769 g/mol. The zero-order valence-corrected chi connectivity index (χ0v) is 32.8. The van der Waals surface area contributed by atoms with Crippen LogP contribution in [0.3, 0.4) is 0 Å². The first-order valence-electron chi connectivity index (χ1n) is 17.9. The molecule has 0 unspecified atom stereocenters. The number of rotatable bonds is 19. The Labute approximate surface area is 321 Å². The van der Waals surface area contributed by atoms with Crippen LogP contribution in [0.25, 0.3) is 0 Å². The maximum absolute atomic E-state index is 13.9. The van der Waals surface area contributed by atoms with Crippen LogP contribution < -0.4 is 27.0 Å². The number of alkyl carbamates (subject to hydrolysis) is 1. The van der Waals surface area contributed by atoms with E-state index in [4.69, 9.17) is 24.7 Å². The van der Waals surface area contributed by atoms with E-state index in [9.17, 15) is 33.6 Å². The lowest BCUT2D eigenvalue weighted by atomic mass is 10.0. The lowest BCUT2D eigenvalue weighted by molar-refractivity contribution is -0.156. The predicted octanol–water partition coefficient (Wildman–Crippen LogP) is 2.35. The van der Waals surface area contributed by atoms with Crippen LogP contribution in [-0.2, 0) is 60.7 Å². The van der Waals surface area contributed by atoms with E-state index in [1.54, 1.807) is 109 Å². The van der Waals surface area contributed by atoms with Gasteiger partial charge in [-0.1, -0.05) is 60.7 Å². The Hall–Kier alpha value is -5.51. The Kier molecular flexibility index (Phi) is 17.8. The molecule has 16 heteroatoms. The molecular formula is C39H55N5O11. The molecule has 0 aliphatic carbocycles. The molecule has 0 aliphatic heterocycles. The first-order valence-corrected chi connectivity index (χ1v) is 17.9. The van der Waals surface area contributed by atoms with Gasteiger partial charge in [-0.3, -0.25) is 24.0 Å². The molecule has 5 atom stereocenters. The largest absolute Gasteiger partial charge is 0.467 e. The van der Waals surface area contributed by atoms with E-state index in [1.165, 1.54) is 0 Å². The Bertz CT molecular complexity index is 1610. The molecule has 0 saturated heterocycles. The van der Waals surface area contributed by atoms with Crippen LogP contribution in [0.1, 0.15) is 78.9 Å². The van der Waals surface area contributed by atoms with E-state index in [1.807, 2.05) is 0 Å². The Morgan fingerprint density at radius 2 is 1.22 bits per heavy atom. The molecule has 2 aromatic carbocycles. The molecular weight excluding hydrogens is 714 g/mol. The molecule has 0 heterocycles. The second-order valence-corrected chi connectivity index (χ2v) is 14.8. The Morgan fingerprint density at radius 1 is 0.691 bits per heavy atom. The van der Waals surface area contributed by atoms with Crippen LogP contribution in [0, 0.1) is 0 Å². The zero-order chi connectivity index (χ0) is 41.3. The van der Waals surface area contributed by atoms with Crippen molar-refractivity contribution in [2.45, 2.75) is 122 Å². The van der Waals surface area contributed by atoms with Crippen molar-refractivity contribution in [3.8, 4) is 0 Å². The van der Waals surface area contributed by atoms with E-state index < -0.39 is 89.6 Å². The summed E-state index contributed by atoms with van der Waals surface area (Å²) in [5.41, 5.74) is 5.06. The van der Waals surface area contributed by atoms with Crippen LogP contribution >= 0.6 is 0 Å². The number of ether oxygens (including phenoxy) is 4. The third-order valence-corrected chi connectivity index (χ3v) is 7.60. The number of hydrogen-bond acceptors (Lipinski definition) is 11. The van der Waals surface area contributed by atoms with Gasteiger partial charge in [-0.2, -0.15) is 0 Å². The lowest BCUT2D eigenvalue weighted by Crippen LogP contribution is -2.60. The van der Waals surface area contributed by atoms with Crippen LogP contribution in [0.15, 0.2) is 60.7 Å². The summed E-state index contributed by atoms with van der Waals surface area (Å²) in [6.07, 6.45) is -3.25. The highest BCUT2D eigenvalue weighted by Gasteiger charge is 2.36. The second kappa shape index (κ2) is 21.4. The molecule has 0 aliphatic rings. The average molecular weight is 770 g/mol. The molecule has 0 fully saturated rings. The number of hydrogen-bond donors (Lipinski definition) is 5. The summed E-state index contributed by atoms with van der Waals surface area (Å²) in [6, 6.07) is 11.9. The fraction of sp³-hybridized carbons (Fsp3) is 0.513. The molecule has 0 saturated carbocycles. The van der Waals surface area contributed by atoms with E-state index >= 15 is 0 Å². The van der Waals surface area contributed by atoms with Crippen LogP contribution in [-0.4, -0.2) is 90.2 Å². The molecule has 0 aromatic heterocycles. The zero-order valence-electron chi connectivity index (χ0n) is 32.8. The molecule has 0 bridgehead atoms. The first kappa shape index (κ1) is 45.6. The van der Waals surface area contributed by atoms with Crippen molar-refractivity contribution < 1.29 is 52.5 Å². The summed E-state index contributed by atoms with van der Waals surface area (Å²) < 4.78 is 21.6. The summed E-state index contributed by atoms with van der Waals surface area (Å²) in [6.45, 7) is 11.5. The van der Waals surface area contributed by atoms with Gasteiger partial charge in [-0.05, 0) is 66.0 Å². The highest BCUT2D eigenvalue weighted by molar-refractivity contribution is 5.96. The van der Waals surface area contributed by atoms with Crippen LogP contribution in [0.5, 0.6) is 0 Å². The summed E-state index contributed by atoms with van der Waals surface area (Å²) in [5.74, 6) is -5.22. The van der Waals surface area contributed by atoms with Gasteiger partial charge in [0.2, 0.25) is 23.6 Å². The molecule has 0 spiro atoms. The predicted molar refractivity (Wildman–Crippen MR) is 201 cm³/mol. The molecule has 0 radical (unpaired) electrons. The van der Waals surface area contributed by atoms with E-state index in [0.717, 1.165) is 7.11 Å². The fourth-order valence-electron chi connectivity index (χ4n) is 5.22. The first-order chi connectivity index (χ1) is 25.7. The van der Waals surface area contributed by atoms with Gasteiger partial charge in [-0.25, -0.2) is 9.59 Å². The van der Waals surface area contributed by atoms with Gasteiger partial charge in [-0.15, -0.1) is 0 Å². The highest BCUT2D eigenvalue weighted by atomic mass is 16.6. The molecule has 2 rings (SSSR count). The average Bonchev–Trinajstić information content (AvgIpc) is 3.09.